The van der Waals surface area contributed by atoms with Crippen LogP contribution in [0.15, 0.2) is 10.7 Å². The Morgan fingerprint density at radius 1 is 1.27 bits per heavy atom. The number of hydrogen-bond donors (Lipinski definition) is 2. The van der Waals surface area contributed by atoms with Gasteiger partial charge in [-0.1, -0.05) is 13.8 Å². The fourth-order valence-corrected chi connectivity index (χ4v) is 2.33. The van der Waals surface area contributed by atoms with E-state index in [1.54, 1.807) is 0 Å². The molecule has 0 bridgehead atoms. The van der Waals surface area contributed by atoms with Gasteiger partial charge in [-0.3, -0.25) is 9.69 Å². The quantitative estimate of drug-likeness (QED) is 0.769. The van der Waals surface area contributed by atoms with Crippen LogP contribution in [0.1, 0.15) is 64.0 Å². The molecule has 0 aliphatic rings. The van der Waals surface area contributed by atoms with Gasteiger partial charge < -0.3 is 15.5 Å². The Balaban J connectivity index is 2.52. The summed E-state index contributed by atoms with van der Waals surface area (Å²) in [5, 5.41) is 2.88. The lowest BCUT2D eigenvalue weighted by atomic mass is 10.1. The summed E-state index contributed by atoms with van der Waals surface area (Å²) in [6, 6.07) is 0.595. The highest BCUT2D eigenvalue weighted by Crippen LogP contribution is 2.17. The second kappa shape index (κ2) is 8.29. The molecule has 3 N–H and O–H groups in total. The van der Waals surface area contributed by atoms with Crippen LogP contribution in [0.3, 0.4) is 0 Å². The van der Waals surface area contributed by atoms with Crippen molar-refractivity contribution >= 4 is 5.91 Å². The Morgan fingerprint density at radius 3 is 2.36 bits per heavy atom. The number of nitrogens with two attached hydrogens (primary N) is 1. The van der Waals surface area contributed by atoms with Crippen LogP contribution in [0.2, 0.25) is 0 Å². The zero-order chi connectivity index (χ0) is 16.9. The Hall–Kier alpha value is -1.40. The van der Waals surface area contributed by atoms with Gasteiger partial charge in [-0.2, -0.15) is 0 Å². The van der Waals surface area contributed by atoms with Crippen LogP contribution < -0.4 is 11.1 Å². The van der Waals surface area contributed by atoms with Gasteiger partial charge in [0.15, 0.2) is 5.69 Å². The molecule has 1 atom stereocenters. The van der Waals surface area contributed by atoms with Crippen LogP contribution >= 0.6 is 0 Å². The van der Waals surface area contributed by atoms with Crippen molar-refractivity contribution < 1.29 is 9.21 Å². The molecule has 6 heteroatoms. The minimum atomic E-state index is -0.293. The lowest BCUT2D eigenvalue weighted by Gasteiger charge is -2.30. The molecule has 0 radical (unpaired) electrons. The molecule has 1 aromatic rings. The molecule has 1 amide bonds. The van der Waals surface area contributed by atoms with Gasteiger partial charge in [0, 0.05) is 25.2 Å². The summed E-state index contributed by atoms with van der Waals surface area (Å²) in [5.74, 6) is 0.393. The molecule has 22 heavy (non-hydrogen) atoms. The average Bonchev–Trinajstić information content (AvgIpc) is 2.91. The van der Waals surface area contributed by atoms with Gasteiger partial charge in [0.2, 0.25) is 5.89 Å². The number of amides is 1. The van der Waals surface area contributed by atoms with Gasteiger partial charge in [-0.05, 0) is 33.6 Å². The number of aromatic nitrogens is 1. The SMILES string of the molecule is CC(C)C(N)c1nc(C(=O)NCCN(C(C)C)C(C)C)co1. The van der Waals surface area contributed by atoms with Crippen molar-refractivity contribution in [3.63, 3.8) is 0 Å². The number of rotatable bonds is 8. The molecule has 0 fully saturated rings. The van der Waals surface area contributed by atoms with Crippen molar-refractivity contribution in [1.29, 1.82) is 0 Å². The van der Waals surface area contributed by atoms with E-state index in [-0.39, 0.29) is 23.6 Å². The van der Waals surface area contributed by atoms with E-state index in [0.29, 0.717) is 24.5 Å². The van der Waals surface area contributed by atoms with Crippen LogP contribution in [-0.2, 0) is 0 Å². The largest absolute Gasteiger partial charge is 0.446 e. The number of nitrogens with one attached hydrogen (secondary N) is 1. The van der Waals surface area contributed by atoms with Crippen molar-refractivity contribution in [1.82, 2.24) is 15.2 Å². The summed E-state index contributed by atoms with van der Waals surface area (Å²) < 4.78 is 5.31. The van der Waals surface area contributed by atoms with Crippen LogP contribution in [0, 0.1) is 5.92 Å². The zero-order valence-electron chi connectivity index (χ0n) is 14.6. The highest BCUT2D eigenvalue weighted by atomic mass is 16.3. The van der Waals surface area contributed by atoms with Gasteiger partial charge in [-0.15, -0.1) is 0 Å². The van der Waals surface area contributed by atoms with E-state index in [9.17, 15) is 4.79 Å². The molecular weight excluding hydrogens is 280 g/mol. The standard InChI is InChI=1S/C16H30N4O2/c1-10(2)14(17)16-19-13(9-22-16)15(21)18-7-8-20(11(3)4)12(5)6/h9-12,14H,7-8,17H2,1-6H3,(H,18,21). The monoisotopic (exact) mass is 310 g/mol. The first-order valence-electron chi connectivity index (χ1n) is 7.99. The third-order valence-electron chi connectivity index (χ3n) is 3.74. The zero-order valence-corrected chi connectivity index (χ0v) is 14.6. The maximum Gasteiger partial charge on any atom is 0.273 e. The second-order valence-electron chi connectivity index (χ2n) is 6.52. The molecule has 0 aliphatic carbocycles. The Bertz CT molecular complexity index is 460. The molecule has 0 aromatic carbocycles. The number of carbonyl (C=O) groups is 1. The molecule has 0 spiro atoms. The van der Waals surface area contributed by atoms with Crippen LogP contribution in [0.5, 0.6) is 0 Å². The maximum absolute atomic E-state index is 12.1. The van der Waals surface area contributed by atoms with Gasteiger partial charge >= 0.3 is 0 Å². The van der Waals surface area contributed by atoms with E-state index in [4.69, 9.17) is 10.2 Å². The van der Waals surface area contributed by atoms with Crippen molar-refractivity contribution in [3.8, 4) is 0 Å². The molecular formula is C16H30N4O2. The van der Waals surface area contributed by atoms with Gasteiger partial charge in [-0.25, -0.2) is 4.98 Å². The summed E-state index contributed by atoms with van der Waals surface area (Å²) in [6.45, 7) is 14.0. The van der Waals surface area contributed by atoms with Crippen LogP contribution in [-0.4, -0.2) is 41.0 Å². The Labute approximate surface area is 133 Å². The molecule has 1 rings (SSSR count). The van der Waals surface area contributed by atoms with E-state index < -0.39 is 0 Å². The Kier molecular flexibility index (Phi) is 7.03. The number of nitrogens with zero attached hydrogens (tertiary/aromatic N) is 2. The normalized spacial score (nSPS) is 13.4. The topological polar surface area (TPSA) is 84.4 Å². The van der Waals surface area contributed by atoms with Crippen molar-refractivity contribution in [2.45, 2.75) is 59.7 Å². The molecule has 0 saturated carbocycles. The predicted octanol–water partition coefficient (Wildman–Crippen LogP) is 2.18. The molecule has 1 aromatic heterocycles. The molecule has 0 saturated heterocycles. The van der Waals surface area contributed by atoms with E-state index >= 15 is 0 Å². The van der Waals surface area contributed by atoms with Crippen LogP contribution in [0.4, 0.5) is 0 Å². The minimum absolute atomic E-state index is 0.209. The molecule has 1 heterocycles. The first-order chi connectivity index (χ1) is 10.2. The summed E-state index contributed by atoms with van der Waals surface area (Å²) in [5.41, 5.74) is 6.25. The summed E-state index contributed by atoms with van der Waals surface area (Å²) in [7, 11) is 0. The Morgan fingerprint density at radius 2 is 1.86 bits per heavy atom. The van der Waals surface area contributed by atoms with Crippen molar-refractivity contribution in [2.24, 2.45) is 11.7 Å². The first kappa shape index (κ1) is 18.6. The molecule has 1 unspecified atom stereocenters. The summed E-state index contributed by atoms with van der Waals surface area (Å²) >= 11 is 0. The number of carbonyl (C=O) groups excluding carboxylic acids is 1. The number of oxazole rings is 1. The fraction of sp³-hybridized carbons (Fsp3) is 0.750. The lowest BCUT2D eigenvalue weighted by Crippen LogP contribution is -2.42. The van der Waals surface area contributed by atoms with Gasteiger partial charge in [0.1, 0.15) is 6.26 Å². The summed E-state index contributed by atoms with van der Waals surface area (Å²) in [4.78, 5) is 18.6. The fourth-order valence-electron chi connectivity index (χ4n) is 2.33. The molecule has 126 valence electrons. The lowest BCUT2D eigenvalue weighted by molar-refractivity contribution is 0.0934. The first-order valence-corrected chi connectivity index (χ1v) is 7.99. The van der Waals surface area contributed by atoms with E-state index in [0.717, 1.165) is 6.54 Å². The van der Waals surface area contributed by atoms with Crippen molar-refractivity contribution in [2.75, 3.05) is 13.1 Å². The second-order valence-corrected chi connectivity index (χ2v) is 6.52. The van der Waals surface area contributed by atoms with Crippen molar-refractivity contribution in [3.05, 3.63) is 17.8 Å². The third-order valence-corrected chi connectivity index (χ3v) is 3.74. The van der Waals surface area contributed by atoms with E-state index in [1.807, 2.05) is 13.8 Å². The van der Waals surface area contributed by atoms with Crippen LogP contribution in [0.25, 0.3) is 0 Å². The number of hydrogen-bond acceptors (Lipinski definition) is 5. The molecule has 0 aliphatic heterocycles. The van der Waals surface area contributed by atoms with E-state index in [2.05, 4.69) is 42.9 Å². The smallest absolute Gasteiger partial charge is 0.273 e. The maximum atomic E-state index is 12.1. The van der Waals surface area contributed by atoms with Gasteiger partial charge in [0.25, 0.3) is 5.91 Å². The minimum Gasteiger partial charge on any atom is -0.446 e. The molecule has 6 nitrogen and oxygen atoms in total. The highest BCUT2D eigenvalue weighted by Gasteiger charge is 2.19. The third kappa shape index (κ3) is 5.10. The van der Waals surface area contributed by atoms with E-state index in [1.165, 1.54) is 6.26 Å². The summed E-state index contributed by atoms with van der Waals surface area (Å²) in [6.07, 6.45) is 1.37. The average molecular weight is 310 g/mol. The highest BCUT2D eigenvalue weighted by molar-refractivity contribution is 5.91. The predicted molar refractivity (Wildman–Crippen MR) is 87.6 cm³/mol. The van der Waals surface area contributed by atoms with Gasteiger partial charge in [0.05, 0.1) is 6.04 Å².